The second-order valence-corrected chi connectivity index (χ2v) is 7.55. The molecule has 1 aromatic heterocycles. The van der Waals surface area contributed by atoms with E-state index in [-0.39, 0.29) is 17.7 Å². The fraction of sp³-hybridized carbons (Fsp3) is 0.125. The smallest absolute Gasteiger partial charge is 0.295 e. The van der Waals surface area contributed by atoms with Crippen LogP contribution in [0.2, 0.25) is 0 Å². The molecule has 156 valence electrons. The van der Waals surface area contributed by atoms with Gasteiger partial charge in [0.05, 0.1) is 23.0 Å². The number of azo groups is 1. The Bertz CT molecular complexity index is 1480. The second kappa shape index (κ2) is 7.48. The van der Waals surface area contributed by atoms with Crippen LogP contribution in [0, 0.1) is 17.1 Å². The number of amides is 1. The molecular formula is C24H17FN6O. The van der Waals surface area contributed by atoms with Gasteiger partial charge in [-0.1, -0.05) is 30.3 Å². The van der Waals surface area contributed by atoms with Crippen LogP contribution in [0.4, 0.5) is 4.39 Å². The van der Waals surface area contributed by atoms with Gasteiger partial charge in [-0.05, 0) is 34.7 Å². The van der Waals surface area contributed by atoms with Gasteiger partial charge in [-0.25, -0.2) is 4.39 Å². The van der Waals surface area contributed by atoms with Crippen LogP contribution in [-0.4, -0.2) is 22.2 Å². The standard InChI is InChI=1S/C24H17FN6O/c1-31-23(22-18(10-26)15-5-3-2-4-13(15)9-20(22)25)19(12-28-31)14-6-7-16-17(8-14)21(11-27)29-30-24(16)32/h2-9,12,21H,11,27H2,1H3. The summed E-state index contributed by atoms with van der Waals surface area (Å²) in [6, 6.07) is 15.6. The summed E-state index contributed by atoms with van der Waals surface area (Å²) in [5.74, 6) is -0.929. The molecule has 2 heterocycles. The van der Waals surface area contributed by atoms with Crippen molar-refractivity contribution in [3.05, 3.63) is 77.2 Å². The molecule has 0 saturated heterocycles. The van der Waals surface area contributed by atoms with Gasteiger partial charge >= 0.3 is 0 Å². The third kappa shape index (κ3) is 2.91. The van der Waals surface area contributed by atoms with E-state index in [4.69, 9.17) is 5.73 Å². The van der Waals surface area contributed by atoms with Gasteiger partial charge in [0.2, 0.25) is 0 Å². The van der Waals surface area contributed by atoms with Gasteiger partial charge in [-0.3, -0.25) is 9.48 Å². The summed E-state index contributed by atoms with van der Waals surface area (Å²) in [7, 11) is 1.70. The van der Waals surface area contributed by atoms with E-state index in [0.29, 0.717) is 38.7 Å². The number of benzene rings is 3. The average molecular weight is 424 g/mol. The van der Waals surface area contributed by atoms with Crippen LogP contribution in [0.25, 0.3) is 33.2 Å². The maximum Gasteiger partial charge on any atom is 0.295 e. The predicted molar refractivity (Wildman–Crippen MR) is 117 cm³/mol. The molecule has 0 fully saturated rings. The fourth-order valence-electron chi connectivity index (χ4n) is 4.22. The molecule has 0 radical (unpaired) electrons. The Balaban J connectivity index is 1.76. The Labute approximate surface area is 182 Å². The van der Waals surface area contributed by atoms with E-state index in [1.165, 1.54) is 6.07 Å². The monoisotopic (exact) mass is 424 g/mol. The molecule has 7 nitrogen and oxygen atoms in total. The minimum Gasteiger partial charge on any atom is -0.328 e. The Morgan fingerprint density at radius 2 is 2.00 bits per heavy atom. The Hall–Kier alpha value is -4.22. The van der Waals surface area contributed by atoms with E-state index in [9.17, 15) is 10.1 Å². The number of carbonyl (C=O) groups excluding carboxylic acids is 1. The summed E-state index contributed by atoms with van der Waals surface area (Å²) < 4.78 is 16.9. The first-order valence-electron chi connectivity index (χ1n) is 9.96. The summed E-state index contributed by atoms with van der Waals surface area (Å²) in [6.07, 6.45) is 1.62. The van der Waals surface area contributed by atoms with Crippen LogP contribution in [0.3, 0.4) is 0 Å². The first kappa shape index (κ1) is 19.7. The quantitative estimate of drug-likeness (QED) is 0.521. The molecule has 0 aliphatic carbocycles. The number of nitrogens with two attached hydrogens (primary N) is 1. The lowest BCUT2D eigenvalue weighted by Crippen LogP contribution is -2.17. The largest absolute Gasteiger partial charge is 0.328 e. The first-order valence-corrected chi connectivity index (χ1v) is 9.96. The number of aryl methyl sites for hydroxylation is 1. The molecule has 0 spiro atoms. The first-order chi connectivity index (χ1) is 15.5. The molecule has 4 aromatic rings. The van der Waals surface area contributed by atoms with Gasteiger partial charge in [0.1, 0.15) is 17.9 Å². The third-order valence-corrected chi connectivity index (χ3v) is 5.75. The molecule has 1 unspecified atom stereocenters. The molecule has 1 amide bonds. The number of aromatic nitrogens is 2. The number of carbonyl (C=O) groups is 1. The fourth-order valence-corrected chi connectivity index (χ4v) is 4.22. The highest BCUT2D eigenvalue weighted by molar-refractivity contribution is 5.99. The number of fused-ring (bicyclic) bond motifs is 2. The van der Waals surface area contributed by atoms with Crippen molar-refractivity contribution in [1.82, 2.24) is 9.78 Å². The molecule has 0 saturated carbocycles. The zero-order valence-corrected chi connectivity index (χ0v) is 17.1. The van der Waals surface area contributed by atoms with E-state index in [1.54, 1.807) is 48.3 Å². The predicted octanol–water partition coefficient (Wildman–Crippen LogP) is 4.52. The van der Waals surface area contributed by atoms with Crippen molar-refractivity contribution in [3.63, 3.8) is 0 Å². The Morgan fingerprint density at radius 1 is 1.19 bits per heavy atom. The highest BCUT2D eigenvalue weighted by Gasteiger charge is 2.26. The molecule has 2 N–H and O–H groups in total. The highest BCUT2D eigenvalue weighted by Crippen LogP contribution is 2.39. The molecular weight excluding hydrogens is 407 g/mol. The Kier molecular flexibility index (Phi) is 4.61. The summed E-state index contributed by atoms with van der Waals surface area (Å²) in [4.78, 5) is 12.1. The average Bonchev–Trinajstić information content (AvgIpc) is 3.19. The second-order valence-electron chi connectivity index (χ2n) is 7.55. The number of rotatable bonds is 3. The van der Waals surface area contributed by atoms with Crippen molar-refractivity contribution < 1.29 is 9.18 Å². The van der Waals surface area contributed by atoms with Crippen molar-refractivity contribution in [2.75, 3.05) is 6.54 Å². The van der Waals surface area contributed by atoms with Crippen molar-refractivity contribution in [3.8, 4) is 28.5 Å². The third-order valence-electron chi connectivity index (χ3n) is 5.75. The van der Waals surface area contributed by atoms with Gasteiger partial charge in [-0.2, -0.15) is 15.5 Å². The molecule has 1 aliphatic rings. The topological polar surface area (TPSA) is 109 Å². The zero-order chi connectivity index (χ0) is 22.4. The summed E-state index contributed by atoms with van der Waals surface area (Å²) in [6.45, 7) is 0.199. The zero-order valence-electron chi connectivity index (χ0n) is 17.1. The number of nitriles is 1. The Morgan fingerprint density at radius 3 is 2.78 bits per heavy atom. The molecule has 32 heavy (non-hydrogen) atoms. The van der Waals surface area contributed by atoms with E-state index >= 15 is 4.39 Å². The number of halogens is 1. The van der Waals surface area contributed by atoms with E-state index in [0.717, 1.165) is 0 Å². The van der Waals surface area contributed by atoms with Gasteiger partial charge < -0.3 is 5.73 Å². The van der Waals surface area contributed by atoms with E-state index in [1.807, 2.05) is 12.1 Å². The van der Waals surface area contributed by atoms with Gasteiger partial charge in [-0.15, -0.1) is 5.11 Å². The lowest BCUT2D eigenvalue weighted by atomic mass is 9.91. The molecule has 8 heteroatoms. The SMILES string of the molecule is Cn1ncc(-c2ccc3c(c2)C(CN)N=NC3=O)c1-c1c(F)cc2ccccc2c1C#N. The van der Waals surface area contributed by atoms with E-state index < -0.39 is 17.8 Å². The van der Waals surface area contributed by atoms with Crippen LogP contribution in [0.1, 0.15) is 27.5 Å². The normalized spacial score (nSPS) is 15.1. The van der Waals surface area contributed by atoms with Gasteiger partial charge in [0.15, 0.2) is 0 Å². The number of hydrogen-bond acceptors (Lipinski definition) is 5. The summed E-state index contributed by atoms with van der Waals surface area (Å²) in [5.41, 5.74) is 9.17. The maximum atomic E-state index is 15.4. The number of nitrogens with zero attached hydrogens (tertiary/aromatic N) is 5. The molecule has 1 atom stereocenters. The van der Waals surface area contributed by atoms with Crippen LogP contribution >= 0.6 is 0 Å². The van der Waals surface area contributed by atoms with Gasteiger partial charge in [0, 0.05) is 30.1 Å². The van der Waals surface area contributed by atoms with Crippen molar-refractivity contribution >= 4 is 16.7 Å². The minimum absolute atomic E-state index is 0.185. The molecule has 5 rings (SSSR count). The van der Waals surface area contributed by atoms with Crippen LogP contribution < -0.4 is 5.73 Å². The van der Waals surface area contributed by atoms with Crippen LogP contribution in [0.5, 0.6) is 0 Å². The molecule has 0 bridgehead atoms. The van der Waals surface area contributed by atoms with Crippen molar-refractivity contribution in [2.45, 2.75) is 6.04 Å². The van der Waals surface area contributed by atoms with Crippen LogP contribution in [-0.2, 0) is 7.05 Å². The lowest BCUT2D eigenvalue weighted by Gasteiger charge is -2.18. The highest BCUT2D eigenvalue weighted by atomic mass is 19.1. The molecule has 3 aromatic carbocycles. The lowest BCUT2D eigenvalue weighted by molar-refractivity contribution is 0.0985. The van der Waals surface area contributed by atoms with Crippen molar-refractivity contribution in [2.24, 2.45) is 23.0 Å². The van der Waals surface area contributed by atoms with Crippen molar-refractivity contribution in [1.29, 1.82) is 5.26 Å². The molecule has 1 aliphatic heterocycles. The number of hydrogen-bond donors (Lipinski definition) is 1. The van der Waals surface area contributed by atoms with Crippen LogP contribution in [0.15, 0.2) is 65.0 Å². The maximum absolute atomic E-state index is 15.4. The van der Waals surface area contributed by atoms with E-state index in [2.05, 4.69) is 21.4 Å². The minimum atomic E-state index is -0.508. The van der Waals surface area contributed by atoms with Gasteiger partial charge in [0.25, 0.3) is 5.91 Å². The summed E-state index contributed by atoms with van der Waals surface area (Å²) in [5, 5.41) is 23.2. The summed E-state index contributed by atoms with van der Waals surface area (Å²) >= 11 is 0.